The Hall–Kier alpha value is -1.30. The predicted octanol–water partition coefficient (Wildman–Crippen LogP) is 0.233. The lowest BCUT2D eigenvalue weighted by molar-refractivity contribution is -0.124. The van der Waals surface area contributed by atoms with Gasteiger partial charge >= 0.3 is 6.09 Å². The highest BCUT2D eigenvalue weighted by molar-refractivity contribution is 5.80. The van der Waals surface area contributed by atoms with Crippen LogP contribution in [0.15, 0.2) is 0 Å². The van der Waals surface area contributed by atoms with Crippen LogP contribution in [-0.4, -0.2) is 35.6 Å². The molecule has 0 bridgehead atoms. The van der Waals surface area contributed by atoms with Gasteiger partial charge in [0.1, 0.15) is 5.60 Å². The summed E-state index contributed by atoms with van der Waals surface area (Å²) in [5.41, 5.74) is 1.59. The van der Waals surface area contributed by atoms with Gasteiger partial charge in [-0.25, -0.2) is 10.6 Å². The predicted molar refractivity (Wildman–Crippen MR) is 58.2 cm³/mol. The molecule has 0 unspecified atom stereocenters. The van der Waals surface area contributed by atoms with Crippen LogP contribution in [0, 0.1) is 5.92 Å². The summed E-state index contributed by atoms with van der Waals surface area (Å²) >= 11 is 0. The van der Waals surface area contributed by atoms with Crippen molar-refractivity contribution in [3.63, 3.8) is 0 Å². The van der Waals surface area contributed by atoms with Crippen molar-refractivity contribution in [1.29, 1.82) is 0 Å². The third-order valence-electron chi connectivity index (χ3n) is 2.35. The highest BCUT2D eigenvalue weighted by atomic mass is 16.6. The van der Waals surface area contributed by atoms with Gasteiger partial charge in [-0.15, -0.1) is 0 Å². The Morgan fingerprint density at radius 1 is 1.44 bits per heavy atom. The van der Waals surface area contributed by atoms with Gasteiger partial charge in [0.25, 0.3) is 0 Å². The van der Waals surface area contributed by atoms with E-state index in [2.05, 4.69) is 5.43 Å². The van der Waals surface area contributed by atoms with Crippen LogP contribution in [-0.2, 0) is 9.53 Å². The molecule has 0 aromatic carbocycles. The number of hydrogen-bond donors (Lipinski definition) is 2. The van der Waals surface area contributed by atoms with Gasteiger partial charge in [0.2, 0.25) is 5.91 Å². The average molecular weight is 229 g/mol. The van der Waals surface area contributed by atoms with Gasteiger partial charge in [-0.05, 0) is 27.2 Å². The molecular formula is C10H19N3O3. The van der Waals surface area contributed by atoms with Crippen LogP contribution in [0.4, 0.5) is 4.79 Å². The summed E-state index contributed by atoms with van der Waals surface area (Å²) in [6, 6.07) is 0. The zero-order valence-electron chi connectivity index (χ0n) is 9.95. The van der Waals surface area contributed by atoms with Crippen molar-refractivity contribution in [3.8, 4) is 0 Å². The van der Waals surface area contributed by atoms with Gasteiger partial charge in [-0.1, -0.05) is 0 Å². The number of amides is 2. The van der Waals surface area contributed by atoms with Crippen molar-refractivity contribution in [2.45, 2.75) is 32.8 Å². The number of rotatable bonds is 1. The first-order valence-corrected chi connectivity index (χ1v) is 5.32. The maximum absolute atomic E-state index is 11.7. The molecule has 0 radical (unpaired) electrons. The molecule has 16 heavy (non-hydrogen) atoms. The molecule has 2 amide bonds. The van der Waals surface area contributed by atoms with Gasteiger partial charge in [0, 0.05) is 13.1 Å². The first-order chi connectivity index (χ1) is 7.33. The van der Waals surface area contributed by atoms with E-state index in [0.29, 0.717) is 19.5 Å². The molecule has 0 spiro atoms. The van der Waals surface area contributed by atoms with Gasteiger partial charge in [0.05, 0.1) is 5.92 Å². The topological polar surface area (TPSA) is 84.7 Å². The van der Waals surface area contributed by atoms with Crippen LogP contribution < -0.4 is 11.3 Å². The molecule has 0 aromatic rings. The average Bonchev–Trinajstić information content (AvgIpc) is 2.62. The number of hydrogen-bond acceptors (Lipinski definition) is 4. The fraction of sp³-hybridized carbons (Fsp3) is 0.800. The highest BCUT2D eigenvalue weighted by Gasteiger charge is 2.32. The molecule has 0 aromatic heterocycles. The normalized spacial score (nSPS) is 20.8. The lowest BCUT2D eigenvalue weighted by Gasteiger charge is -2.24. The van der Waals surface area contributed by atoms with Crippen molar-refractivity contribution in [1.82, 2.24) is 10.3 Å². The Kier molecular flexibility index (Phi) is 3.74. The third kappa shape index (κ3) is 3.37. The summed E-state index contributed by atoms with van der Waals surface area (Å²) in [5, 5.41) is 0. The van der Waals surface area contributed by atoms with E-state index in [1.54, 1.807) is 0 Å². The summed E-state index contributed by atoms with van der Waals surface area (Å²) < 4.78 is 5.21. The first-order valence-electron chi connectivity index (χ1n) is 5.32. The van der Waals surface area contributed by atoms with E-state index in [1.165, 1.54) is 4.90 Å². The number of hydrazine groups is 1. The van der Waals surface area contributed by atoms with E-state index in [4.69, 9.17) is 10.6 Å². The minimum absolute atomic E-state index is 0.225. The molecule has 6 heteroatoms. The Labute approximate surface area is 95.1 Å². The Morgan fingerprint density at radius 3 is 2.56 bits per heavy atom. The van der Waals surface area contributed by atoms with Crippen molar-refractivity contribution in [3.05, 3.63) is 0 Å². The molecule has 1 aliphatic heterocycles. The monoisotopic (exact) mass is 229 g/mol. The van der Waals surface area contributed by atoms with Crippen LogP contribution >= 0.6 is 0 Å². The molecule has 1 saturated heterocycles. The summed E-state index contributed by atoms with van der Waals surface area (Å²) in [7, 11) is 0. The van der Waals surface area contributed by atoms with E-state index in [9.17, 15) is 9.59 Å². The van der Waals surface area contributed by atoms with E-state index >= 15 is 0 Å². The van der Waals surface area contributed by atoms with E-state index in [1.807, 2.05) is 20.8 Å². The number of carbonyl (C=O) groups excluding carboxylic acids is 2. The molecule has 0 saturated carbocycles. The van der Waals surface area contributed by atoms with Crippen LogP contribution in [0.3, 0.4) is 0 Å². The lowest BCUT2D eigenvalue weighted by atomic mass is 10.1. The second-order valence-corrected chi connectivity index (χ2v) is 4.92. The highest BCUT2D eigenvalue weighted by Crippen LogP contribution is 2.19. The standard InChI is InChI=1S/C10H19N3O3/c1-10(2,3)16-9(15)13-5-4-7(6-13)8(14)12-11/h7H,4-6,11H2,1-3H3,(H,12,14)/t7-/m1/s1. The quantitative estimate of drug-likeness (QED) is 0.383. The van der Waals surface area contributed by atoms with Gasteiger partial charge in [-0.2, -0.15) is 0 Å². The molecule has 1 heterocycles. The zero-order chi connectivity index (χ0) is 12.3. The van der Waals surface area contributed by atoms with Gasteiger partial charge in [0.15, 0.2) is 0 Å². The Morgan fingerprint density at radius 2 is 2.06 bits per heavy atom. The van der Waals surface area contributed by atoms with Crippen LogP contribution in [0.5, 0.6) is 0 Å². The minimum Gasteiger partial charge on any atom is -0.444 e. The summed E-state index contributed by atoms with van der Waals surface area (Å²) in [6.07, 6.45) is 0.252. The maximum Gasteiger partial charge on any atom is 0.410 e. The molecule has 3 N–H and O–H groups in total. The Balaban J connectivity index is 2.47. The van der Waals surface area contributed by atoms with Crippen LogP contribution in [0.2, 0.25) is 0 Å². The minimum atomic E-state index is -0.509. The van der Waals surface area contributed by atoms with Crippen molar-refractivity contribution >= 4 is 12.0 Å². The molecule has 1 aliphatic rings. The van der Waals surface area contributed by atoms with E-state index in [0.717, 1.165) is 0 Å². The molecule has 1 fully saturated rings. The second-order valence-electron chi connectivity index (χ2n) is 4.92. The zero-order valence-corrected chi connectivity index (χ0v) is 9.95. The summed E-state index contributed by atoms with van der Waals surface area (Å²) in [5.74, 6) is 4.59. The SMILES string of the molecule is CC(C)(C)OC(=O)N1CC[C@@H](C(=O)NN)C1. The molecule has 6 nitrogen and oxygen atoms in total. The fourth-order valence-corrected chi connectivity index (χ4v) is 1.58. The number of nitrogens with zero attached hydrogens (tertiary/aromatic N) is 1. The van der Waals surface area contributed by atoms with Crippen molar-refractivity contribution in [2.75, 3.05) is 13.1 Å². The lowest BCUT2D eigenvalue weighted by Crippen LogP contribution is -2.39. The fourth-order valence-electron chi connectivity index (χ4n) is 1.58. The van der Waals surface area contributed by atoms with E-state index < -0.39 is 5.60 Å². The molecule has 1 rings (SSSR count). The van der Waals surface area contributed by atoms with Gasteiger partial charge < -0.3 is 9.64 Å². The van der Waals surface area contributed by atoms with Crippen molar-refractivity contribution in [2.24, 2.45) is 11.8 Å². The second kappa shape index (κ2) is 4.69. The number of nitrogens with one attached hydrogen (secondary N) is 1. The largest absolute Gasteiger partial charge is 0.444 e. The number of likely N-dealkylation sites (tertiary alicyclic amines) is 1. The molecular weight excluding hydrogens is 210 g/mol. The van der Waals surface area contributed by atoms with Crippen molar-refractivity contribution < 1.29 is 14.3 Å². The third-order valence-corrected chi connectivity index (χ3v) is 2.35. The number of carbonyl (C=O) groups is 2. The summed E-state index contributed by atoms with van der Waals surface area (Å²) in [4.78, 5) is 24.4. The maximum atomic E-state index is 11.7. The van der Waals surface area contributed by atoms with Crippen LogP contribution in [0.1, 0.15) is 27.2 Å². The van der Waals surface area contributed by atoms with Gasteiger partial charge in [-0.3, -0.25) is 10.2 Å². The molecule has 1 atom stereocenters. The smallest absolute Gasteiger partial charge is 0.410 e. The summed E-state index contributed by atoms with van der Waals surface area (Å²) in [6.45, 7) is 6.34. The molecule has 0 aliphatic carbocycles. The van der Waals surface area contributed by atoms with Crippen LogP contribution in [0.25, 0.3) is 0 Å². The first kappa shape index (κ1) is 12.8. The number of nitrogens with two attached hydrogens (primary N) is 1. The van der Waals surface area contributed by atoms with E-state index in [-0.39, 0.29) is 17.9 Å². The Bertz CT molecular complexity index is 286. The molecule has 92 valence electrons. The number of ether oxygens (including phenoxy) is 1.